The third-order valence-corrected chi connectivity index (χ3v) is 5.47. The SMILES string of the molecule is O=C(OCc1cc(=O)n2ccsc2n1)c1cc(-c2ccccc2)nc2ccccc12. The fraction of sp³-hybridized carbons (Fsp3) is 0.0435. The summed E-state index contributed by atoms with van der Waals surface area (Å²) in [7, 11) is 0. The Morgan fingerprint density at radius 1 is 1.00 bits per heavy atom. The van der Waals surface area contributed by atoms with Gasteiger partial charge in [0.2, 0.25) is 0 Å². The van der Waals surface area contributed by atoms with Crippen LogP contribution >= 0.6 is 11.3 Å². The Balaban J connectivity index is 1.49. The van der Waals surface area contributed by atoms with Crippen molar-refractivity contribution in [1.29, 1.82) is 0 Å². The molecule has 0 amide bonds. The Labute approximate surface area is 175 Å². The molecule has 7 heteroatoms. The maximum Gasteiger partial charge on any atom is 0.339 e. The van der Waals surface area contributed by atoms with E-state index in [2.05, 4.69) is 9.97 Å². The molecular formula is C23H15N3O3S. The number of fused-ring (bicyclic) bond motifs is 2. The third kappa shape index (κ3) is 3.35. The van der Waals surface area contributed by atoms with Gasteiger partial charge in [-0.25, -0.2) is 14.8 Å². The smallest absolute Gasteiger partial charge is 0.339 e. The first-order chi connectivity index (χ1) is 14.7. The van der Waals surface area contributed by atoms with Crippen molar-refractivity contribution in [3.8, 4) is 11.3 Å². The highest BCUT2D eigenvalue weighted by Crippen LogP contribution is 2.25. The molecule has 0 saturated carbocycles. The molecule has 5 aromatic rings. The Morgan fingerprint density at radius 3 is 2.67 bits per heavy atom. The molecule has 3 aromatic heterocycles. The summed E-state index contributed by atoms with van der Waals surface area (Å²) in [5, 5.41) is 2.50. The second-order valence-electron chi connectivity index (χ2n) is 6.66. The van der Waals surface area contributed by atoms with Crippen molar-refractivity contribution in [2.75, 3.05) is 0 Å². The quantitative estimate of drug-likeness (QED) is 0.410. The molecule has 0 aliphatic rings. The lowest BCUT2D eigenvalue weighted by molar-refractivity contribution is 0.0470. The third-order valence-electron chi connectivity index (χ3n) is 4.71. The molecule has 5 rings (SSSR count). The van der Waals surface area contributed by atoms with E-state index >= 15 is 0 Å². The molecule has 0 atom stereocenters. The minimum absolute atomic E-state index is 0.0835. The number of carbonyl (C=O) groups is 1. The minimum Gasteiger partial charge on any atom is -0.456 e. The topological polar surface area (TPSA) is 73.6 Å². The number of hydrogen-bond acceptors (Lipinski definition) is 6. The van der Waals surface area contributed by atoms with Crippen molar-refractivity contribution in [1.82, 2.24) is 14.4 Å². The van der Waals surface area contributed by atoms with Gasteiger partial charge in [0.05, 0.1) is 22.5 Å². The molecule has 0 bridgehead atoms. The number of thiazole rings is 1. The van der Waals surface area contributed by atoms with Gasteiger partial charge in [-0.2, -0.15) is 0 Å². The zero-order valence-corrected chi connectivity index (χ0v) is 16.5. The number of esters is 1. The largest absolute Gasteiger partial charge is 0.456 e. The lowest BCUT2D eigenvalue weighted by atomic mass is 10.0. The molecule has 0 unspecified atom stereocenters. The maximum absolute atomic E-state index is 13.0. The van der Waals surface area contributed by atoms with Crippen molar-refractivity contribution in [3.05, 3.63) is 99.9 Å². The van der Waals surface area contributed by atoms with Crippen molar-refractivity contribution in [2.24, 2.45) is 0 Å². The van der Waals surface area contributed by atoms with Crippen LogP contribution in [0.3, 0.4) is 0 Å². The van der Waals surface area contributed by atoms with E-state index in [1.54, 1.807) is 17.6 Å². The van der Waals surface area contributed by atoms with Gasteiger partial charge < -0.3 is 4.74 Å². The van der Waals surface area contributed by atoms with E-state index in [4.69, 9.17) is 4.74 Å². The van der Waals surface area contributed by atoms with Crippen LogP contribution < -0.4 is 5.56 Å². The molecule has 2 aromatic carbocycles. The van der Waals surface area contributed by atoms with Crippen LogP contribution in [0, 0.1) is 0 Å². The van der Waals surface area contributed by atoms with E-state index in [1.807, 2.05) is 54.6 Å². The fourth-order valence-corrected chi connectivity index (χ4v) is 4.02. The van der Waals surface area contributed by atoms with Crippen LogP contribution in [0.4, 0.5) is 0 Å². The lowest BCUT2D eigenvalue weighted by Gasteiger charge is -2.10. The van der Waals surface area contributed by atoms with Gasteiger partial charge in [0.25, 0.3) is 5.56 Å². The summed E-state index contributed by atoms with van der Waals surface area (Å²) >= 11 is 1.35. The number of carbonyl (C=O) groups excluding carboxylic acids is 1. The Bertz CT molecular complexity index is 1440. The normalized spacial score (nSPS) is 11.1. The van der Waals surface area contributed by atoms with Crippen molar-refractivity contribution in [3.63, 3.8) is 0 Å². The standard InChI is InChI=1S/C23H15N3O3S/c27-21-12-16(24-23-26(21)10-11-30-23)14-29-22(28)18-13-20(15-6-2-1-3-7-15)25-19-9-5-4-8-17(18)19/h1-13H,14H2. The van der Waals surface area contributed by atoms with Gasteiger partial charge in [-0.05, 0) is 12.1 Å². The number of rotatable bonds is 4. The summed E-state index contributed by atoms with van der Waals surface area (Å²) in [5.74, 6) is -0.487. The average molecular weight is 413 g/mol. The van der Waals surface area contributed by atoms with Gasteiger partial charge >= 0.3 is 5.97 Å². The van der Waals surface area contributed by atoms with E-state index in [0.29, 0.717) is 32.8 Å². The maximum atomic E-state index is 13.0. The number of aromatic nitrogens is 3. The first-order valence-corrected chi connectivity index (χ1v) is 10.1. The molecule has 0 spiro atoms. The average Bonchev–Trinajstić information content (AvgIpc) is 3.27. The van der Waals surface area contributed by atoms with Gasteiger partial charge in [0, 0.05) is 28.6 Å². The highest BCUT2D eigenvalue weighted by molar-refractivity contribution is 7.15. The predicted molar refractivity (Wildman–Crippen MR) is 116 cm³/mol. The first-order valence-electron chi connectivity index (χ1n) is 9.27. The summed E-state index contributed by atoms with van der Waals surface area (Å²) < 4.78 is 6.98. The zero-order chi connectivity index (χ0) is 20.5. The molecule has 0 N–H and O–H groups in total. The molecule has 6 nitrogen and oxygen atoms in total. The highest BCUT2D eigenvalue weighted by atomic mass is 32.1. The summed E-state index contributed by atoms with van der Waals surface area (Å²) in [6.45, 7) is -0.0835. The molecule has 0 aliphatic heterocycles. The monoisotopic (exact) mass is 413 g/mol. The van der Waals surface area contributed by atoms with Crippen LogP contribution in [0.2, 0.25) is 0 Å². The molecular weight excluding hydrogens is 398 g/mol. The predicted octanol–water partition coefficient (Wildman–Crippen LogP) is 4.33. The van der Waals surface area contributed by atoms with E-state index in [-0.39, 0.29) is 12.2 Å². The highest BCUT2D eigenvalue weighted by Gasteiger charge is 2.16. The van der Waals surface area contributed by atoms with Crippen LogP contribution in [0.25, 0.3) is 27.1 Å². The molecule has 146 valence electrons. The van der Waals surface area contributed by atoms with Gasteiger partial charge in [0.15, 0.2) is 4.96 Å². The number of nitrogens with zero attached hydrogens (tertiary/aromatic N) is 3. The van der Waals surface area contributed by atoms with Gasteiger partial charge in [-0.15, -0.1) is 11.3 Å². The van der Waals surface area contributed by atoms with Crippen LogP contribution in [0.15, 0.2) is 83.1 Å². The number of pyridine rings is 1. The van der Waals surface area contributed by atoms with Crippen LogP contribution in [0.5, 0.6) is 0 Å². The molecule has 0 saturated heterocycles. The van der Waals surface area contributed by atoms with E-state index < -0.39 is 5.97 Å². The Morgan fingerprint density at radius 2 is 1.80 bits per heavy atom. The fourth-order valence-electron chi connectivity index (χ4n) is 3.28. The second kappa shape index (κ2) is 7.53. The number of benzene rings is 2. The summed E-state index contributed by atoms with van der Waals surface area (Å²) in [4.78, 5) is 34.7. The Kier molecular flexibility index (Phi) is 4.57. The van der Waals surface area contributed by atoms with E-state index in [1.165, 1.54) is 21.8 Å². The molecule has 0 radical (unpaired) electrons. The van der Waals surface area contributed by atoms with E-state index in [0.717, 1.165) is 5.56 Å². The van der Waals surface area contributed by atoms with Crippen LogP contribution in [-0.4, -0.2) is 20.3 Å². The second-order valence-corrected chi connectivity index (χ2v) is 7.53. The molecule has 30 heavy (non-hydrogen) atoms. The van der Waals surface area contributed by atoms with Gasteiger partial charge in [-0.3, -0.25) is 9.20 Å². The van der Waals surface area contributed by atoms with Crippen LogP contribution in [0.1, 0.15) is 16.1 Å². The van der Waals surface area contributed by atoms with Gasteiger partial charge in [0.1, 0.15) is 6.61 Å². The number of para-hydroxylation sites is 1. The Hall–Kier alpha value is -3.84. The minimum atomic E-state index is -0.487. The summed E-state index contributed by atoms with van der Waals surface area (Å²) in [6.07, 6.45) is 1.67. The first kappa shape index (κ1) is 18.2. The van der Waals surface area contributed by atoms with Crippen molar-refractivity contribution in [2.45, 2.75) is 6.61 Å². The summed E-state index contributed by atoms with van der Waals surface area (Å²) in [6, 6.07) is 20.2. The molecule has 0 aliphatic carbocycles. The zero-order valence-electron chi connectivity index (χ0n) is 15.7. The van der Waals surface area contributed by atoms with Gasteiger partial charge in [-0.1, -0.05) is 48.5 Å². The van der Waals surface area contributed by atoms with Crippen molar-refractivity contribution < 1.29 is 9.53 Å². The van der Waals surface area contributed by atoms with Crippen LogP contribution in [-0.2, 0) is 11.3 Å². The molecule has 0 fully saturated rings. The van der Waals surface area contributed by atoms with E-state index in [9.17, 15) is 9.59 Å². The molecule has 3 heterocycles. The number of ether oxygens (including phenoxy) is 1. The lowest BCUT2D eigenvalue weighted by Crippen LogP contribution is -2.15. The number of hydrogen-bond donors (Lipinski definition) is 0. The summed E-state index contributed by atoms with van der Waals surface area (Å²) in [5.41, 5.74) is 2.95. The van der Waals surface area contributed by atoms with Crippen molar-refractivity contribution >= 4 is 33.2 Å².